The van der Waals surface area contributed by atoms with Gasteiger partial charge in [0.1, 0.15) is 36.3 Å². The van der Waals surface area contributed by atoms with E-state index >= 15 is 0 Å². The number of aliphatic hydroxyl groups is 4. The van der Waals surface area contributed by atoms with Crippen molar-refractivity contribution in [3.8, 4) is 5.75 Å². The van der Waals surface area contributed by atoms with Gasteiger partial charge >= 0.3 is 0 Å². The summed E-state index contributed by atoms with van der Waals surface area (Å²) >= 11 is 6.36. The quantitative estimate of drug-likeness (QED) is 0.520. The van der Waals surface area contributed by atoms with Crippen LogP contribution in [0.4, 0.5) is 0 Å². The number of aliphatic hydroxyl groups excluding tert-OH is 4. The van der Waals surface area contributed by atoms with E-state index in [0.717, 1.165) is 25.7 Å². The SMILES string of the molecule is OC[C@H]1O[C@@H](c2ccc(Cl)c(OC3CCC(OC4CCCC4)CC3)c2)[C@H](O)[C@@H](O)[C@@H]1O. The van der Waals surface area contributed by atoms with Crippen molar-refractivity contribution in [1.82, 2.24) is 0 Å². The lowest BCUT2D eigenvalue weighted by molar-refractivity contribution is -0.231. The van der Waals surface area contributed by atoms with E-state index in [4.69, 9.17) is 25.8 Å². The van der Waals surface area contributed by atoms with Crippen molar-refractivity contribution < 1.29 is 34.6 Å². The van der Waals surface area contributed by atoms with E-state index in [1.165, 1.54) is 25.7 Å². The van der Waals surface area contributed by atoms with Crippen molar-refractivity contribution in [2.75, 3.05) is 6.61 Å². The Morgan fingerprint density at radius 3 is 2.19 bits per heavy atom. The number of benzene rings is 1. The standard InChI is InChI=1S/C23H33ClO7/c24-17-10-5-13(23-22(28)21(27)20(26)19(12-25)31-23)11-18(17)30-16-8-6-15(7-9-16)29-14-3-1-2-4-14/h5,10-11,14-16,19-23,25-28H,1-4,6-9,12H2/t15?,16?,19-,20-,21+,22-,23+/m1/s1. The van der Waals surface area contributed by atoms with Crippen LogP contribution in [0.2, 0.25) is 5.02 Å². The van der Waals surface area contributed by atoms with Crippen LogP contribution in [0, 0.1) is 0 Å². The second kappa shape index (κ2) is 10.3. The average Bonchev–Trinajstić information content (AvgIpc) is 3.28. The largest absolute Gasteiger partial charge is 0.489 e. The van der Waals surface area contributed by atoms with Crippen LogP contribution in [0.5, 0.6) is 5.75 Å². The van der Waals surface area contributed by atoms with Crippen molar-refractivity contribution in [3.63, 3.8) is 0 Å². The van der Waals surface area contributed by atoms with E-state index in [-0.39, 0.29) is 6.10 Å². The predicted molar refractivity (Wildman–Crippen MR) is 114 cm³/mol. The maximum atomic E-state index is 10.4. The van der Waals surface area contributed by atoms with Crippen molar-refractivity contribution in [1.29, 1.82) is 0 Å². The summed E-state index contributed by atoms with van der Waals surface area (Å²) in [7, 11) is 0. The summed E-state index contributed by atoms with van der Waals surface area (Å²) in [4.78, 5) is 0. The molecule has 4 rings (SSSR count). The van der Waals surface area contributed by atoms with Gasteiger partial charge in [-0.1, -0.05) is 30.5 Å². The zero-order valence-corrected chi connectivity index (χ0v) is 18.4. The summed E-state index contributed by atoms with van der Waals surface area (Å²) in [6, 6.07) is 5.06. The molecule has 0 bridgehead atoms. The van der Waals surface area contributed by atoms with Crippen LogP contribution in [0.3, 0.4) is 0 Å². The van der Waals surface area contributed by atoms with Gasteiger partial charge in [-0.3, -0.25) is 0 Å². The Kier molecular flexibility index (Phi) is 7.75. The fourth-order valence-electron chi connectivity index (χ4n) is 4.93. The number of ether oxygens (including phenoxy) is 3. The molecule has 2 saturated carbocycles. The van der Waals surface area contributed by atoms with Gasteiger partial charge in [-0.25, -0.2) is 0 Å². The summed E-state index contributed by atoms with van der Waals surface area (Å²) in [6.07, 6.45) is 3.34. The van der Waals surface area contributed by atoms with Crippen molar-refractivity contribution in [3.05, 3.63) is 28.8 Å². The molecule has 1 heterocycles. The Morgan fingerprint density at radius 2 is 1.52 bits per heavy atom. The van der Waals surface area contributed by atoms with E-state index < -0.39 is 37.1 Å². The first kappa shape index (κ1) is 23.2. The Labute approximate surface area is 187 Å². The highest BCUT2D eigenvalue weighted by Crippen LogP contribution is 2.37. The van der Waals surface area contributed by atoms with Gasteiger partial charge in [-0.05, 0) is 56.2 Å². The first-order valence-corrected chi connectivity index (χ1v) is 11.8. The molecule has 1 aromatic carbocycles. The summed E-state index contributed by atoms with van der Waals surface area (Å²) in [5.41, 5.74) is 0.564. The minimum atomic E-state index is -1.42. The molecule has 174 valence electrons. The Morgan fingerprint density at radius 1 is 0.871 bits per heavy atom. The number of rotatable bonds is 6. The second-order valence-corrected chi connectivity index (χ2v) is 9.41. The minimum Gasteiger partial charge on any atom is -0.489 e. The normalized spacial score (nSPS) is 37.1. The zero-order valence-electron chi connectivity index (χ0n) is 17.6. The molecule has 0 radical (unpaired) electrons. The number of hydrogen-bond acceptors (Lipinski definition) is 7. The summed E-state index contributed by atoms with van der Waals surface area (Å²) < 4.78 is 18.1. The van der Waals surface area contributed by atoms with Crippen LogP contribution in [-0.4, -0.2) is 69.8 Å². The fraction of sp³-hybridized carbons (Fsp3) is 0.739. The highest BCUT2D eigenvalue weighted by atomic mass is 35.5. The van der Waals surface area contributed by atoms with Crippen LogP contribution in [0.1, 0.15) is 63.0 Å². The first-order valence-electron chi connectivity index (χ1n) is 11.4. The molecule has 1 aliphatic heterocycles. The van der Waals surface area contributed by atoms with Gasteiger partial charge in [-0.15, -0.1) is 0 Å². The third kappa shape index (κ3) is 5.36. The first-order chi connectivity index (χ1) is 15.0. The Hall–Kier alpha value is -0.930. The lowest BCUT2D eigenvalue weighted by atomic mass is 9.91. The highest BCUT2D eigenvalue weighted by molar-refractivity contribution is 6.32. The topological polar surface area (TPSA) is 109 Å². The molecule has 0 spiro atoms. The molecular formula is C23H33ClO7. The van der Waals surface area contributed by atoms with Crippen molar-refractivity contribution >= 4 is 11.6 Å². The van der Waals surface area contributed by atoms with E-state index in [1.54, 1.807) is 18.2 Å². The molecule has 0 amide bonds. The molecule has 0 aromatic heterocycles. The number of hydrogen-bond donors (Lipinski definition) is 4. The van der Waals surface area contributed by atoms with Gasteiger partial charge in [0.05, 0.1) is 29.9 Å². The van der Waals surface area contributed by atoms with E-state index in [0.29, 0.717) is 28.5 Å². The lowest BCUT2D eigenvalue weighted by Gasteiger charge is -2.40. The molecule has 4 N–H and O–H groups in total. The van der Waals surface area contributed by atoms with Gasteiger partial charge < -0.3 is 34.6 Å². The monoisotopic (exact) mass is 456 g/mol. The molecule has 7 nitrogen and oxygen atoms in total. The molecule has 0 unspecified atom stereocenters. The third-order valence-corrected chi connectivity index (χ3v) is 7.09. The van der Waals surface area contributed by atoms with Gasteiger partial charge in [0.2, 0.25) is 0 Å². The average molecular weight is 457 g/mol. The summed E-state index contributed by atoms with van der Waals surface area (Å²) in [5.74, 6) is 0.497. The lowest BCUT2D eigenvalue weighted by Crippen LogP contribution is -2.55. The maximum absolute atomic E-state index is 10.4. The van der Waals surface area contributed by atoms with E-state index in [9.17, 15) is 20.4 Å². The molecule has 2 aliphatic carbocycles. The molecule has 1 saturated heterocycles. The van der Waals surface area contributed by atoms with Gasteiger partial charge in [0, 0.05) is 0 Å². The molecule has 1 aromatic rings. The minimum absolute atomic E-state index is 0.0333. The smallest absolute Gasteiger partial charge is 0.138 e. The molecular weight excluding hydrogens is 424 g/mol. The molecule has 3 aliphatic rings. The molecule has 8 heteroatoms. The van der Waals surface area contributed by atoms with Crippen LogP contribution < -0.4 is 4.74 Å². The molecule has 31 heavy (non-hydrogen) atoms. The van der Waals surface area contributed by atoms with Gasteiger partial charge in [0.25, 0.3) is 0 Å². The maximum Gasteiger partial charge on any atom is 0.138 e. The van der Waals surface area contributed by atoms with Crippen LogP contribution >= 0.6 is 11.6 Å². The Balaban J connectivity index is 1.38. The summed E-state index contributed by atoms with van der Waals surface area (Å²) in [5, 5.41) is 40.4. The predicted octanol–water partition coefficient (Wildman–Crippen LogP) is 2.50. The third-order valence-electron chi connectivity index (χ3n) is 6.78. The second-order valence-electron chi connectivity index (χ2n) is 9.00. The van der Waals surface area contributed by atoms with Crippen LogP contribution in [0.25, 0.3) is 0 Å². The van der Waals surface area contributed by atoms with Crippen molar-refractivity contribution in [2.24, 2.45) is 0 Å². The van der Waals surface area contributed by atoms with Crippen LogP contribution in [0.15, 0.2) is 18.2 Å². The van der Waals surface area contributed by atoms with Gasteiger partial charge in [-0.2, -0.15) is 0 Å². The van der Waals surface area contributed by atoms with E-state index in [2.05, 4.69) is 0 Å². The summed E-state index contributed by atoms with van der Waals surface area (Å²) in [6.45, 7) is -0.468. The zero-order chi connectivity index (χ0) is 22.0. The molecule has 5 atom stereocenters. The Bertz CT molecular complexity index is 716. The molecule has 3 fully saturated rings. The highest BCUT2D eigenvalue weighted by Gasteiger charge is 2.44. The van der Waals surface area contributed by atoms with Gasteiger partial charge in [0.15, 0.2) is 0 Å². The van der Waals surface area contributed by atoms with Crippen molar-refractivity contribution in [2.45, 2.75) is 100 Å². The fourth-order valence-corrected chi connectivity index (χ4v) is 5.09. The van der Waals surface area contributed by atoms with E-state index in [1.807, 2.05) is 0 Å². The number of halogens is 1. The van der Waals surface area contributed by atoms with Crippen LogP contribution in [-0.2, 0) is 9.47 Å².